The molecule has 0 bridgehead atoms. The van der Waals surface area contributed by atoms with Crippen LogP contribution in [0.1, 0.15) is 11.1 Å². The van der Waals surface area contributed by atoms with E-state index in [9.17, 15) is 8.42 Å². The molecule has 0 aliphatic carbocycles. The van der Waals surface area contributed by atoms with Crippen molar-refractivity contribution in [1.82, 2.24) is 15.0 Å². The van der Waals surface area contributed by atoms with Gasteiger partial charge in [-0.3, -0.25) is 0 Å². The fourth-order valence-electron chi connectivity index (χ4n) is 4.66. The maximum Gasteiger partial charge on any atom is 0.207 e. The number of hydrogen-bond donors (Lipinski definition) is 0. The number of rotatable bonds is 6. The molecule has 200 valence electrons. The molecule has 6 heteroatoms. The first-order valence-electron chi connectivity index (χ1n) is 13.3. The Kier molecular flexibility index (Phi) is 7.00. The molecule has 0 radical (unpaired) electrons. The maximum atomic E-state index is 13.7. The minimum absolute atomic E-state index is 0.252. The summed E-state index contributed by atoms with van der Waals surface area (Å²) in [5.41, 5.74) is 6.06. The molecule has 5 aromatic carbocycles. The van der Waals surface area contributed by atoms with Gasteiger partial charge >= 0.3 is 0 Å². The van der Waals surface area contributed by atoms with E-state index in [2.05, 4.69) is 0 Å². The van der Waals surface area contributed by atoms with Gasteiger partial charge in [0.1, 0.15) is 0 Å². The molecule has 0 aliphatic rings. The van der Waals surface area contributed by atoms with Gasteiger partial charge in [-0.1, -0.05) is 114 Å². The van der Waals surface area contributed by atoms with Crippen LogP contribution in [0.15, 0.2) is 137 Å². The summed E-state index contributed by atoms with van der Waals surface area (Å²) in [5, 5.41) is 0. The fraction of sp³-hybridized carbons (Fsp3) is 0.0571. The van der Waals surface area contributed by atoms with Crippen molar-refractivity contribution in [2.45, 2.75) is 23.6 Å². The third kappa shape index (κ3) is 5.42. The molecule has 6 aromatic rings. The van der Waals surface area contributed by atoms with E-state index in [0.29, 0.717) is 23.0 Å². The zero-order valence-electron chi connectivity index (χ0n) is 22.7. The van der Waals surface area contributed by atoms with E-state index in [4.69, 9.17) is 15.0 Å². The Bertz CT molecular complexity index is 1950. The van der Waals surface area contributed by atoms with Crippen molar-refractivity contribution in [2.75, 3.05) is 0 Å². The van der Waals surface area contributed by atoms with E-state index in [1.807, 2.05) is 117 Å². The minimum atomic E-state index is -3.74. The molecular formula is C35H27N3O2S. The van der Waals surface area contributed by atoms with Gasteiger partial charge in [0.05, 0.1) is 9.79 Å². The Labute approximate surface area is 240 Å². The van der Waals surface area contributed by atoms with Gasteiger partial charge in [0.25, 0.3) is 0 Å². The lowest BCUT2D eigenvalue weighted by molar-refractivity contribution is 0.596. The second kappa shape index (κ2) is 10.9. The number of benzene rings is 5. The van der Waals surface area contributed by atoms with Crippen molar-refractivity contribution in [3.63, 3.8) is 0 Å². The summed E-state index contributed by atoms with van der Waals surface area (Å²) in [7, 11) is -3.74. The molecule has 5 nitrogen and oxygen atoms in total. The summed E-state index contributed by atoms with van der Waals surface area (Å²) in [6, 6.07) is 39.6. The number of nitrogens with zero attached hydrogens (tertiary/aromatic N) is 3. The first kappa shape index (κ1) is 26.3. The Balaban J connectivity index is 1.48. The van der Waals surface area contributed by atoms with Crippen molar-refractivity contribution in [1.29, 1.82) is 0 Å². The average Bonchev–Trinajstić information content (AvgIpc) is 3.02. The van der Waals surface area contributed by atoms with Crippen molar-refractivity contribution >= 4 is 9.84 Å². The minimum Gasteiger partial charge on any atom is -0.218 e. The Morgan fingerprint density at radius 2 is 0.951 bits per heavy atom. The molecule has 0 atom stereocenters. The smallest absolute Gasteiger partial charge is 0.207 e. The molecular weight excluding hydrogens is 526 g/mol. The molecule has 0 saturated carbocycles. The van der Waals surface area contributed by atoms with Crippen LogP contribution >= 0.6 is 0 Å². The molecule has 0 saturated heterocycles. The van der Waals surface area contributed by atoms with Gasteiger partial charge in [0, 0.05) is 22.3 Å². The van der Waals surface area contributed by atoms with Crippen LogP contribution in [0.2, 0.25) is 0 Å². The van der Waals surface area contributed by atoms with E-state index >= 15 is 0 Å². The summed E-state index contributed by atoms with van der Waals surface area (Å²) in [6.07, 6.45) is 0. The van der Waals surface area contributed by atoms with Gasteiger partial charge < -0.3 is 0 Å². The molecule has 0 aliphatic heterocycles. The van der Waals surface area contributed by atoms with Crippen LogP contribution in [0.3, 0.4) is 0 Å². The molecule has 1 aromatic heterocycles. The normalized spacial score (nSPS) is 11.4. The average molecular weight is 554 g/mol. The molecule has 0 amide bonds. The lowest BCUT2D eigenvalue weighted by Gasteiger charge is -2.13. The van der Waals surface area contributed by atoms with Gasteiger partial charge in [-0.2, -0.15) is 0 Å². The van der Waals surface area contributed by atoms with Crippen molar-refractivity contribution in [3.05, 3.63) is 139 Å². The van der Waals surface area contributed by atoms with E-state index in [0.717, 1.165) is 33.4 Å². The van der Waals surface area contributed by atoms with Crippen LogP contribution in [0.25, 0.3) is 45.3 Å². The highest BCUT2D eigenvalue weighted by Gasteiger charge is 2.22. The molecule has 0 spiro atoms. The van der Waals surface area contributed by atoms with Gasteiger partial charge in [-0.05, 0) is 43.7 Å². The number of aromatic nitrogens is 3. The maximum absolute atomic E-state index is 13.7. The van der Waals surface area contributed by atoms with E-state index in [1.54, 1.807) is 24.3 Å². The fourth-order valence-corrected chi connectivity index (χ4v) is 6.14. The summed E-state index contributed by atoms with van der Waals surface area (Å²) < 4.78 is 27.4. The van der Waals surface area contributed by atoms with Crippen LogP contribution in [0.4, 0.5) is 0 Å². The van der Waals surface area contributed by atoms with Crippen molar-refractivity contribution in [2.24, 2.45) is 0 Å². The summed E-state index contributed by atoms with van der Waals surface area (Å²) >= 11 is 0. The van der Waals surface area contributed by atoms with Gasteiger partial charge in [0.2, 0.25) is 9.84 Å². The van der Waals surface area contributed by atoms with E-state index < -0.39 is 9.84 Å². The Morgan fingerprint density at radius 1 is 0.463 bits per heavy atom. The Morgan fingerprint density at radius 3 is 1.61 bits per heavy atom. The molecule has 0 fully saturated rings. The second-order valence-electron chi connectivity index (χ2n) is 9.93. The monoisotopic (exact) mass is 553 g/mol. The first-order valence-corrected chi connectivity index (χ1v) is 14.8. The van der Waals surface area contributed by atoms with E-state index in [-0.39, 0.29) is 9.79 Å². The largest absolute Gasteiger partial charge is 0.218 e. The van der Waals surface area contributed by atoms with Gasteiger partial charge in [0.15, 0.2) is 17.5 Å². The van der Waals surface area contributed by atoms with Crippen LogP contribution in [0, 0.1) is 13.8 Å². The molecule has 0 unspecified atom stereocenters. The predicted molar refractivity (Wildman–Crippen MR) is 163 cm³/mol. The SMILES string of the molecule is Cc1ccc(-c2nc(-c3ccccc3)nc(-c3cccc(-c4ccccc4S(=O)(=O)c4ccc(C)cc4)c3)n2)cc1. The van der Waals surface area contributed by atoms with Gasteiger partial charge in [-0.15, -0.1) is 0 Å². The summed E-state index contributed by atoms with van der Waals surface area (Å²) in [4.78, 5) is 15.0. The van der Waals surface area contributed by atoms with Gasteiger partial charge in [-0.25, -0.2) is 23.4 Å². The third-order valence-electron chi connectivity index (χ3n) is 6.92. The highest BCUT2D eigenvalue weighted by molar-refractivity contribution is 7.91. The zero-order valence-corrected chi connectivity index (χ0v) is 23.5. The topological polar surface area (TPSA) is 72.8 Å². The first-order chi connectivity index (χ1) is 19.9. The molecule has 41 heavy (non-hydrogen) atoms. The quantitative estimate of drug-likeness (QED) is 0.209. The second-order valence-corrected chi connectivity index (χ2v) is 11.8. The van der Waals surface area contributed by atoms with Crippen LogP contribution < -0.4 is 0 Å². The van der Waals surface area contributed by atoms with Crippen LogP contribution in [-0.4, -0.2) is 23.4 Å². The zero-order chi connectivity index (χ0) is 28.4. The lowest BCUT2D eigenvalue weighted by Crippen LogP contribution is -2.04. The lowest BCUT2D eigenvalue weighted by atomic mass is 10.0. The van der Waals surface area contributed by atoms with E-state index in [1.165, 1.54) is 0 Å². The summed E-state index contributed by atoms with van der Waals surface area (Å²) in [6.45, 7) is 3.98. The predicted octanol–water partition coefficient (Wildman–Crippen LogP) is 7.99. The number of sulfone groups is 1. The summed E-state index contributed by atoms with van der Waals surface area (Å²) in [5.74, 6) is 1.65. The third-order valence-corrected chi connectivity index (χ3v) is 8.74. The van der Waals surface area contributed by atoms with Crippen LogP contribution in [0.5, 0.6) is 0 Å². The number of aryl methyl sites for hydroxylation is 2. The van der Waals surface area contributed by atoms with Crippen molar-refractivity contribution < 1.29 is 8.42 Å². The highest BCUT2D eigenvalue weighted by Crippen LogP contribution is 2.34. The number of hydrogen-bond acceptors (Lipinski definition) is 5. The van der Waals surface area contributed by atoms with Crippen molar-refractivity contribution in [3.8, 4) is 45.3 Å². The highest BCUT2D eigenvalue weighted by atomic mass is 32.2. The molecule has 6 rings (SSSR count). The molecule has 1 heterocycles. The standard InChI is InChI=1S/C35H27N3O2S/c1-24-15-19-27(20-16-24)34-36-33(26-9-4-3-5-10-26)37-35(38-34)29-12-8-11-28(23-29)31-13-6-7-14-32(31)41(39,40)30-21-17-25(2)18-22-30/h3-23H,1-2H3. The Hall–Kier alpha value is -4.94. The van der Waals surface area contributed by atoms with Crippen LogP contribution in [-0.2, 0) is 9.84 Å². The molecule has 0 N–H and O–H groups in total.